The van der Waals surface area contributed by atoms with E-state index in [1.807, 2.05) is 60.7 Å². The summed E-state index contributed by atoms with van der Waals surface area (Å²) in [6, 6.07) is 19.6. The molecule has 1 atom stereocenters. The van der Waals surface area contributed by atoms with E-state index in [1.54, 1.807) is 0 Å². The first kappa shape index (κ1) is 17.8. The van der Waals surface area contributed by atoms with Crippen LogP contribution in [-0.4, -0.2) is 26.1 Å². The van der Waals surface area contributed by atoms with Gasteiger partial charge in [-0.3, -0.25) is 4.79 Å². The van der Waals surface area contributed by atoms with Gasteiger partial charge in [-0.2, -0.15) is 4.80 Å². The molecule has 26 heavy (non-hydrogen) atoms. The van der Waals surface area contributed by atoms with Crippen molar-refractivity contribution in [2.45, 2.75) is 32.9 Å². The van der Waals surface area contributed by atoms with Crippen molar-refractivity contribution < 1.29 is 4.79 Å². The van der Waals surface area contributed by atoms with Gasteiger partial charge in [0, 0.05) is 5.56 Å². The lowest BCUT2D eigenvalue weighted by atomic mass is 9.97. The van der Waals surface area contributed by atoms with E-state index in [4.69, 9.17) is 0 Å². The number of amides is 1. The first-order valence-electron chi connectivity index (χ1n) is 8.79. The number of benzene rings is 2. The number of nitrogens with one attached hydrogen (secondary N) is 1. The van der Waals surface area contributed by atoms with Crippen molar-refractivity contribution in [3.05, 3.63) is 66.2 Å². The van der Waals surface area contributed by atoms with Crippen molar-refractivity contribution in [3.63, 3.8) is 0 Å². The third kappa shape index (κ3) is 4.75. The first-order chi connectivity index (χ1) is 12.6. The summed E-state index contributed by atoms with van der Waals surface area (Å²) in [7, 11) is 0. The summed E-state index contributed by atoms with van der Waals surface area (Å²) in [5, 5.41) is 15.4. The fourth-order valence-corrected chi connectivity index (χ4v) is 2.82. The van der Waals surface area contributed by atoms with Gasteiger partial charge in [-0.25, -0.2) is 0 Å². The topological polar surface area (TPSA) is 72.7 Å². The first-order valence-corrected chi connectivity index (χ1v) is 8.79. The number of carbonyl (C=O) groups is 1. The van der Waals surface area contributed by atoms with Gasteiger partial charge in [0.05, 0.1) is 6.04 Å². The average molecular weight is 349 g/mol. The minimum Gasteiger partial charge on any atom is -0.348 e. The van der Waals surface area contributed by atoms with E-state index >= 15 is 0 Å². The zero-order chi connectivity index (χ0) is 18.4. The second-order valence-electron chi connectivity index (χ2n) is 6.67. The number of tetrazole rings is 1. The molecule has 0 aliphatic rings. The van der Waals surface area contributed by atoms with Crippen LogP contribution in [0.1, 0.15) is 31.9 Å². The Kier molecular flexibility index (Phi) is 5.73. The molecular formula is C20H23N5O. The third-order valence-electron chi connectivity index (χ3n) is 4.01. The molecule has 0 aliphatic heterocycles. The van der Waals surface area contributed by atoms with E-state index < -0.39 is 0 Å². The minimum absolute atomic E-state index is 0.0270. The molecule has 2 aromatic carbocycles. The maximum atomic E-state index is 12.5. The van der Waals surface area contributed by atoms with Gasteiger partial charge < -0.3 is 5.32 Å². The molecule has 134 valence electrons. The summed E-state index contributed by atoms with van der Waals surface area (Å²) >= 11 is 0. The molecule has 0 fully saturated rings. The highest BCUT2D eigenvalue weighted by Crippen LogP contribution is 2.21. The highest BCUT2D eigenvalue weighted by molar-refractivity contribution is 5.76. The van der Waals surface area contributed by atoms with Crippen LogP contribution in [0.15, 0.2) is 60.7 Å². The van der Waals surface area contributed by atoms with Gasteiger partial charge in [-0.1, -0.05) is 74.5 Å². The summed E-state index contributed by atoms with van der Waals surface area (Å²) in [5.41, 5.74) is 1.98. The fraction of sp³-hybridized carbons (Fsp3) is 0.300. The van der Waals surface area contributed by atoms with E-state index in [0.717, 1.165) is 17.5 Å². The average Bonchev–Trinajstić information content (AvgIpc) is 3.10. The van der Waals surface area contributed by atoms with Gasteiger partial charge in [0.1, 0.15) is 6.54 Å². The summed E-state index contributed by atoms with van der Waals surface area (Å²) in [6.07, 6.45) is 0.871. The number of aromatic nitrogens is 4. The standard InChI is InChI=1S/C20H23N5O/c1-15(2)13-18(16-9-5-3-6-10-16)21-19(26)14-25-23-20(22-24-25)17-11-7-4-8-12-17/h3-12,15,18H,13-14H2,1-2H3,(H,21,26). The maximum absolute atomic E-state index is 12.5. The van der Waals surface area contributed by atoms with Crippen LogP contribution < -0.4 is 5.32 Å². The second-order valence-corrected chi connectivity index (χ2v) is 6.67. The van der Waals surface area contributed by atoms with Crippen molar-refractivity contribution in [2.75, 3.05) is 0 Å². The Morgan fingerprint density at radius 3 is 2.35 bits per heavy atom. The fourth-order valence-electron chi connectivity index (χ4n) is 2.82. The Bertz CT molecular complexity index is 830. The molecule has 0 saturated carbocycles. The molecule has 1 amide bonds. The molecule has 6 nitrogen and oxygen atoms in total. The van der Waals surface area contributed by atoms with E-state index in [9.17, 15) is 4.79 Å². The predicted molar refractivity (Wildman–Crippen MR) is 100 cm³/mol. The molecule has 0 radical (unpaired) electrons. The van der Waals surface area contributed by atoms with E-state index in [-0.39, 0.29) is 18.5 Å². The lowest BCUT2D eigenvalue weighted by molar-refractivity contribution is -0.123. The van der Waals surface area contributed by atoms with Gasteiger partial charge in [0.25, 0.3) is 0 Å². The minimum atomic E-state index is -0.128. The smallest absolute Gasteiger partial charge is 0.244 e. The Labute approximate surface area is 153 Å². The molecule has 0 bridgehead atoms. The Morgan fingerprint density at radius 2 is 1.69 bits per heavy atom. The van der Waals surface area contributed by atoms with Gasteiger partial charge in [-0.05, 0) is 23.1 Å². The van der Waals surface area contributed by atoms with E-state index in [0.29, 0.717) is 11.7 Å². The largest absolute Gasteiger partial charge is 0.348 e. The van der Waals surface area contributed by atoms with Crippen LogP contribution in [0.3, 0.4) is 0 Å². The van der Waals surface area contributed by atoms with Crippen LogP contribution in [0.5, 0.6) is 0 Å². The highest BCUT2D eigenvalue weighted by Gasteiger charge is 2.17. The molecule has 1 N–H and O–H groups in total. The van der Waals surface area contributed by atoms with Crippen molar-refractivity contribution in [3.8, 4) is 11.4 Å². The number of carbonyl (C=O) groups excluding carboxylic acids is 1. The molecule has 0 aliphatic carbocycles. The molecule has 0 spiro atoms. The second kappa shape index (κ2) is 8.38. The number of hydrogen-bond acceptors (Lipinski definition) is 4. The van der Waals surface area contributed by atoms with Crippen molar-refractivity contribution >= 4 is 5.91 Å². The van der Waals surface area contributed by atoms with Crippen LogP contribution in [0, 0.1) is 5.92 Å². The Morgan fingerprint density at radius 1 is 1.04 bits per heavy atom. The van der Waals surface area contributed by atoms with Gasteiger partial charge in [0.2, 0.25) is 11.7 Å². The quantitative estimate of drug-likeness (QED) is 0.711. The number of nitrogens with zero attached hydrogens (tertiary/aromatic N) is 4. The van der Waals surface area contributed by atoms with Crippen LogP contribution in [-0.2, 0) is 11.3 Å². The van der Waals surface area contributed by atoms with Crippen molar-refractivity contribution in [1.29, 1.82) is 0 Å². The molecule has 6 heteroatoms. The van der Waals surface area contributed by atoms with Gasteiger partial charge in [-0.15, -0.1) is 10.2 Å². The molecule has 3 aromatic rings. The van der Waals surface area contributed by atoms with Crippen molar-refractivity contribution in [1.82, 2.24) is 25.5 Å². The van der Waals surface area contributed by atoms with E-state index in [2.05, 4.69) is 34.6 Å². The van der Waals surface area contributed by atoms with Crippen LogP contribution in [0.25, 0.3) is 11.4 Å². The molecule has 1 aromatic heterocycles. The normalized spacial score (nSPS) is 12.1. The molecule has 1 heterocycles. The summed E-state index contributed by atoms with van der Waals surface area (Å²) in [4.78, 5) is 13.8. The predicted octanol–water partition coefficient (Wildman–Crippen LogP) is 3.24. The maximum Gasteiger partial charge on any atom is 0.244 e. The summed E-state index contributed by atoms with van der Waals surface area (Å²) in [6.45, 7) is 4.34. The van der Waals surface area contributed by atoms with Crippen LogP contribution in [0.4, 0.5) is 0 Å². The zero-order valence-electron chi connectivity index (χ0n) is 15.0. The lowest BCUT2D eigenvalue weighted by Gasteiger charge is -2.21. The molecule has 3 rings (SSSR count). The molecular weight excluding hydrogens is 326 g/mol. The monoisotopic (exact) mass is 349 g/mol. The van der Waals surface area contributed by atoms with E-state index in [1.165, 1.54) is 4.80 Å². The van der Waals surface area contributed by atoms with Crippen LogP contribution >= 0.6 is 0 Å². The zero-order valence-corrected chi connectivity index (χ0v) is 15.0. The third-order valence-corrected chi connectivity index (χ3v) is 4.01. The lowest BCUT2D eigenvalue weighted by Crippen LogP contribution is -2.33. The number of rotatable bonds is 7. The molecule has 1 unspecified atom stereocenters. The Balaban J connectivity index is 1.66. The Hall–Kier alpha value is -3.02. The van der Waals surface area contributed by atoms with Gasteiger partial charge >= 0.3 is 0 Å². The summed E-state index contributed by atoms with van der Waals surface area (Å²) < 4.78 is 0. The number of hydrogen-bond donors (Lipinski definition) is 1. The van der Waals surface area contributed by atoms with Gasteiger partial charge in [0.15, 0.2) is 0 Å². The SMILES string of the molecule is CC(C)CC(NC(=O)Cn1nnc(-c2ccccc2)n1)c1ccccc1. The molecule has 0 saturated heterocycles. The summed E-state index contributed by atoms with van der Waals surface area (Å²) in [5.74, 6) is 0.853. The highest BCUT2D eigenvalue weighted by atomic mass is 16.2. The van der Waals surface area contributed by atoms with Crippen LogP contribution in [0.2, 0.25) is 0 Å². The van der Waals surface area contributed by atoms with Crippen molar-refractivity contribution in [2.24, 2.45) is 5.92 Å².